The van der Waals surface area contributed by atoms with Crippen molar-refractivity contribution < 1.29 is 14.3 Å². The van der Waals surface area contributed by atoms with Crippen LogP contribution in [0.3, 0.4) is 0 Å². The normalized spacial score (nSPS) is 14.2. The Labute approximate surface area is 151 Å². The number of rotatable bonds is 5. The van der Waals surface area contributed by atoms with Crippen molar-refractivity contribution in [2.45, 2.75) is 6.92 Å². The monoisotopic (exact) mass is 361 g/mol. The number of carbonyl (C=O) groups is 1. The Balaban J connectivity index is 1.87. The number of amides is 1. The fourth-order valence-electron chi connectivity index (χ4n) is 2.69. The summed E-state index contributed by atoms with van der Waals surface area (Å²) in [7, 11) is 0. The minimum Gasteiger partial charge on any atom is -0.477 e. The van der Waals surface area contributed by atoms with Crippen LogP contribution >= 0.6 is 11.6 Å². The number of benzene rings is 1. The molecular formula is C18H20ClN3O3. The summed E-state index contributed by atoms with van der Waals surface area (Å²) in [6, 6.07) is 8.87. The predicted molar refractivity (Wildman–Crippen MR) is 97.8 cm³/mol. The number of pyridine rings is 1. The van der Waals surface area contributed by atoms with Crippen molar-refractivity contribution in [2.75, 3.05) is 43.1 Å². The van der Waals surface area contributed by atoms with Crippen LogP contribution < -0.4 is 15.0 Å². The van der Waals surface area contributed by atoms with Gasteiger partial charge in [0.15, 0.2) is 0 Å². The van der Waals surface area contributed by atoms with Crippen molar-refractivity contribution in [1.29, 1.82) is 0 Å². The van der Waals surface area contributed by atoms with Crippen molar-refractivity contribution in [2.24, 2.45) is 0 Å². The highest BCUT2D eigenvalue weighted by atomic mass is 35.5. The molecule has 6 nitrogen and oxygen atoms in total. The summed E-state index contributed by atoms with van der Waals surface area (Å²) in [5, 5.41) is 3.50. The number of carbonyl (C=O) groups excluding carboxylic acids is 1. The van der Waals surface area contributed by atoms with Crippen molar-refractivity contribution in [1.82, 2.24) is 4.98 Å². The lowest BCUT2D eigenvalue weighted by Gasteiger charge is -2.30. The molecule has 2 heterocycles. The largest absolute Gasteiger partial charge is 0.477 e. The van der Waals surface area contributed by atoms with E-state index in [0.29, 0.717) is 42.0 Å². The molecule has 7 heteroatoms. The molecule has 1 aromatic heterocycles. The number of halogens is 1. The second-order valence-electron chi connectivity index (χ2n) is 5.50. The molecule has 0 aliphatic carbocycles. The lowest BCUT2D eigenvalue weighted by atomic mass is 10.2. The number of aromatic nitrogens is 1. The lowest BCUT2D eigenvalue weighted by molar-refractivity contribution is 0.102. The summed E-state index contributed by atoms with van der Waals surface area (Å²) in [6.07, 6.45) is 1.60. The van der Waals surface area contributed by atoms with E-state index in [9.17, 15) is 4.79 Å². The summed E-state index contributed by atoms with van der Waals surface area (Å²) in [5.74, 6) is 0.0331. The van der Waals surface area contributed by atoms with Gasteiger partial charge in [0.05, 0.1) is 31.2 Å². The standard InChI is InChI=1S/C18H20ClN3O3/c1-2-25-18-14(4-3-7-20-18)17(23)21-15-12-13(19)5-6-16(15)22-8-10-24-11-9-22/h3-7,12H,2,8-11H2,1H3,(H,21,23). The predicted octanol–water partition coefficient (Wildman–Crippen LogP) is 3.22. The zero-order chi connectivity index (χ0) is 17.6. The molecular weight excluding hydrogens is 342 g/mol. The SMILES string of the molecule is CCOc1ncccc1C(=O)Nc1cc(Cl)ccc1N1CCOCC1. The van der Waals surface area contributed by atoms with Gasteiger partial charge in [-0.15, -0.1) is 0 Å². The van der Waals surface area contributed by atoms with Crippen LogP contribution in [0.4, 0.5) is 11.4 Å². The zero-order valence-corrected chi connectivity index (χ0v) is 14.8. The highest BCUT2D eigenvalue weighted by molar-refractivity contribution is 6.31. The van der Waals surface area contributed by atoms with E-state index in [1.54, 1.807) is 24.4 Å². The van der Waals surface area contributed by atoms with Gasteiger partial charge in [0.25, 0.3) is 5.91 Å². The van der Waals surface area contributed by atoms with Gasteiger partial charge >= 0.3 is 0 Å². The number of nitrogens with zero attached hydrogens (tertiary/aromatic N) is 2. The van der Waals surface area contributed by atoms with Crippen LogP contribution in [-0.4, -0.2) is 43.8 Å². The first-order valence-corrected chi connectivity index (χ1v) is 8.58. The first-order valence-electron chi connectivity index (χ1n) is 8.20. The van der Waals surface area contributed by atoms with Crippen molar-refractivity contribution in [3.8, 4) is 5.88 Å². The van der Waals surface area contributed by atoms with Gasteiger partial charge in [-0.05, 0) is 37.3 Å². The molecule has 1 aliphatic heterocycles. The molecule has 1 N–H and O–H groups in total. The molecule has 0 spiro atoms. The molecule has 2 aromatic rings. The van der Waals surface area contributed by atoms with E-state index in [4.69, 9.17) is 21.1 Å². The average molecular weight is 362 g/mol. The van der Waals surface area contributed by atoms with E-state index < -0.39 is 0 Å². The number of hydrogen-bond acceptors (Lipinski definition) is 5. The molecule has 1 fully saturated rings. The third-order valence-corrected chi connectivity index (χ3v) is 4.09. The summed E-state index contributed by atoms with van der Waals surface area (Å²) in [6.45, 7) is 5.14. The first kappa shape index (κ1) is 17.5. The van der Waals surface area contributed by atoms with E-state index in [-0.39, 0.29) is 5.91 Å². The zero-order valence-electron chi connectivity index (χ0n) is 14.0. The van der Waals surface area contributed by atoms with Gasteiger partial charge in [-0.25, -0.2) is 4.98 Å². The molecule has 0 radical (unpaired) electrons. The highest BCUT2D eigenvalue weighted by Crippen LogP contribution is 2.30. The van der Waals surface area contributed by atoms with E-state index >= 15 is 0 Å². The van der Waals surface area contributed by atoms with Crippen molar-refractivity contribution >= 4 is 28.9 Å². The average Bonchev–Trinajstić information content (AvgIpc) is 2.63. The van der Waals surface area contributed by atoms with Gasteiger partial charge < -0.3 is 19.7 Å². The van der Waals surface area contributed by atoms with Crippen LogP contribution in [0.25, 0.3) is 0 Å². The van der Waals surface area contributed by atoms with E-state index in [1.165, 1.54) is 0 Å². The van der Waals surface area contributed by atoms with Crippen LogP contribution in [0, 0.1) is 0 Å². The minimum absolute atomic E-state index is 0.284. The topological polar surface area (TPSA) is 63.7 Å². The van der Waals surface area contributed by atoms with Crippen LogP contribution in [0.2, 0.25) is 5.02 Å². The van der Waals surface area contributed by atoms with Gasteiger partial charge in [0.2, 0.25) is 5.88 Å². The summed E-state index contributed by atoms with van der Waals surface area (Å²) >= 11 is 6.13. The van der Waals surface area contributed by atoms with Gasteiger partial charge in [-0.2, -0.15) is 0 Å². The van der Waals surface area contributed by atoms with Crippen LogP contribution in [-0.2, 0) is 4.74 Å². The molecule has 0 saturated carbocycles. The summed E-state index contributed by atoms with van der Waals surface area (Å²) in [5.41, 5.74) is 1.96. The van der Waals surface area contributed by atoms with Gasteiger partial charge in [-0.3, -0.25) is 4.79 Å². The Bertz CT molecular complexity index is 748. The summed E-state index contributed by atoms with van der Waals surface area (Å²) in [4.78, 5) is 19.0. The molecule has 1 aromatic carbocycles. The van der Waals surface area contributed by atoms with Crippen molar-refractivity contribution in [3.05, 3.63) is 47.1 Å². The van der Waals surface area contributed by atoms with Gasteiger partial charge in [0.1, 0.15) is 5.56 Å². The smallest absolute Gasteiger partial charge is 0.261 e. The van der Waals surface area contributed by atoms with Crippen LogP contribution in [0.15, 0.2) is 36.5 Å². The number of hydrogen-bond donors (Lipinski definition) is 1. The Morgan fingerprint density at radius 3 is 2.92 bits per heavy atom. The molecule has 0 bridgehead atoms. The van der Waals surface area contributed by atoms with Crippen LogP contribution in [0.1, 0.15) is 17.3 Å². The maximum Gasteiger partial charge on any atom is 0.261 e. The molecule has 25 heavy (non-hydrogen) atoms. The Hall–Kier alpha value is -2.31. The highest BCUT2D eigenvalue weighted by Gasteiger charge is 2.19. The second-order valence-corrected chi connectivity index (χ2v) is 5.94. The van der Waals surface area contributed by atoms with E-state index in [0.717, 1.165) is 18.8 Å². The second kappa shape index (κ2) is 8.18. The quantitative estimate of drug-likeness (QED) is 0.885. The third kappa shape index (κ3) is 4.21. The molecule has 1 saturated heterocycles. The van der Waals surface area contributed by atoms with E-state index in [1.807, 2.05) is 19.1 Å². The lowest BCUT2D eigenvalue weighted by Crippen LogP contribution is -2.36. The molecule has 0 unspecified atom stereocenters. The Kier molecular flexibility index (Phi) is 5.73. The third-order valence-electron chi connectivity index (χ3n) is 3.86. The maximum atomic E-state index is 12.7. The minimum atomic E-state index is -0.284. The number of nitrogens with one attached hydrogen (secondary N) is 1. The molecule has 0 atom stereocenters. The molecule has 1 amide bonds. The Morgan fingerprint density at radius 2 is 2.16 bits per heavy atom. The number of morpholine rings is 1. The van der Waals surface area contributed by atoms with Crippen molar-refractivity contribution in [3.63, 3.8) is 0 Å². The maximum absolute atomic E-state index is 12.7. The number of anilines is 2. The van der Waals surface area contributed by atoms with Gasteiger partial charge in [0, 0.05) is 24.3 Å². The molecule has 1 aliphatic rings. The van der Waals surface area contributed by atoms with Crippen LogP contribution in [0.5, 0.6) is 5.88 Å². The van der Waals surface area contributed by atoms with E-state index in [2.05, 4.69) is 15.2 Å². The van der Waals surface area contributed by atoms with Gasteiger partial charge in [-0.1, -0.05) is 11.6 Å². The summed E-state index contributed by atoms with van der Waals surface area (Å²) < 4.78 is 10.8. The fourth-order valence-corrected chi connectivity index (χ4v) is 2.87. The fraction of sp³-hybridized carbons (Fsp3) is 0.333. The first-order chi connectivity index (χ1) is 12.2. The molecule has 132 valence electrons. The number of ether oxygens (including phenoxy) is 2. The Morgan fingerprint density at radius 1 is 1.36 bits per heavy atom. The molecule has 3 rings (SSSR count).